The molecule has 0 fully saturated rings. The minimum Gasteiger partial charge on any atom is -0.338 e. The van der Waals surface area contributed by atoms with Crippen molar-refractivity contribution in [2.45, 2.75) is 39.7 Å². The van der Waals surface area contributed by atoms with E-state index in [0.717, 1.165) is 6.42 Å². The van der Waals surface area contributed by atoms with E-state index in [4.69, 9.17) is 10.3 Å². The molecule has 0 aliphatic heterocycles. The second kappa shape index (κ2) is 5.31. The fraction of sp³-hybridized carbons (Fsp3) is 0.429. The van der Waals surface area contributed by atoms with Crippen molar-refractivity contribution in [3.05, 3.63) is 46.6 Å². The fourth-order valence-electron chi connectivity index (χ4n) is 2.02. The standard InChI is InChI=1S/C14H19N3O/c1-4-12(15)14-16-13(17-18-14)8-11-6-9(2)5-10(3)7-11/h5-7,12H,4,8,15H2,1-3H3/t12-/m0/s1. The van der Waals surface area contributed by atoms with Crippen LogP contribution in [0.4, 0.5) is 0 Å². The van der Waals surface area contributed by atoms with Crippen LogP contribution in [0.5, 0.6) is 0 Å². The number of hydrogen-bond acceptors (Lipinski definition) is 4. The van der Waals surface area contributed by atoms with Crippen molar-refractivity contribution in [2.24, 2.45) is 5.73 Å². The molecule has 0 aliphatic rings. The normalized spacial score (nSPS) is 12.7. The number of rotatable bonds is 4. The summed E-state index contributed by atoms with van der Waals surface area (Å²) in [5.74, 6) is 1.22. The van der Waals surface area contributed by atoms with Crippen LogP contribution in [-0.4, -0.2) is 10.1 Å². The summed E-state index contributed by atoms with van der Waals surface area (Å²) in [4.78, 5) is 4.33. The van der Waals surface area contributed by atoms with Gasteiger partial charge in [-0.25, -0.2) is 0 Å². The minimum absolute atomic E-state index is 0.162. The van der Waals surface area contributed by atoms with E-state index in [1.165, 1.54) is 16.7 Å². The highest BCUT2D eigenvalue weighted by molar-refractivity contribution is 5.30. The number of benzene rings is 1. The van der Waals surface area contributed by atoms with Gasteiger partial charge in [0.1, 0.15) is 0 Å². The molecule has 2 rings (SSSR count). The van der Waals surface area contributed by atoms with Gasteiger partial charge in [-0.1, -0.05) is 41.4 Å². The Hall–Kier alpha value is -1.68. The molecule has 0 bridgehead atoms. The maximum Gasteiger partial charge on any atom is 0.243 e. The lowest BCUT2D eigenvalue weighted by molar-refractivity contribution is 0.348. The first-order valence-corrected chi connectivity index (χ1v) is 6.23. The average molecular weight is 245 g/mol. The van der Waals surface area contributed by atoms with Crippen LogP contribution in [0.3, 0.4) is 0 Å². The van der Waals surface area contributed by atoms with Crippen LogP contribution < -0.4 is 5.73 Å². The molecule has 1 heterocycles. The molecule has 0 aliphatic carbocycles. The summed E-state index contributed by atoms with van der Waals surface area (Å²) in [6, 6.07) is 6.27. The van der Waals surface area contributed by atoms with Gasteiger partial charge >= 0.3 is 0 Å². The van der Waals surface area contributed by atoms with Crippen LogP contribution in [0, 0.1) is 13.8 Å². The largest absolute Gasteiger partial charge is 0.338 e. The molecule has 0 amide bonds. The summed E-state index contributed by atoms with van der Waals surface area (Å²) in [7, 11) is 0. The zero-order valence-corrected chi connectivity index (χ0v) is 11.1. The van der Waals surface area contributed by atoms with Gasteiger partial charge in [0.15, 0.2) is 5.82 Å². The van der Waals surface area contributed by atoms with Crippen LogP contribution in [0.2, 0.25) is 0 Å². The van der Waals surface area contributed by atoms with Gasteiger partial charge in [-0.2, -0.15) is 4.98 Å². The summed E-state index contributed by atoms with van der Waals surface area (Å²) in [6.45, 7) is 6.18. The first-order valence-electron chi connectivity index (χ1n) is 6.23. The predicted molar refractivity (Wildman–Crippen MR) is 70.2 cm³/mol. The van der Waals surface area contributed by atoms with Crippen molar-refractivity contribution in [1.29, 1.82) is 0 Å². The van der Waals surface area contributed by atoms with Crippen LogP contribution in [-0.2, 0) is 6.42 Å². The van der Waals surface area contributed by atoms with Gasteiger partial charge in [0.05, 0.1) is 6.04 Å². The molecule has 1 aromatic heterocycles. The van der Waals surface area contributed by atoms with Crippen molar-refractivity contribution < 1.29 is 4.52 Å². The molecule has 18 heavy (non-hydrogen) atoms. The van der Waals surface area contributed by atoms with Crippen molar-refractivity contribution in [3.8, 4) is 0 Å². The number of nitrogens with zero attached hydrogens (tertiary/aromatic N) is 2. The summed E-state index contributed by atoms with van der Waals surface area (Å²) >= 11 is 0. The highest BCUT2D eigenvalue weighted by atomic mass is 16.5. The molecule has 2 N–H and O–H groups in total. The highest BCUT2D eigenvalue weighted by Gasteiger charge is 2.13. The van der Waals surface area contributed by atoms with E-state index in [2.05, 4.69) is 42.2 Å². The Morgan fingerprint density at radius 2 is 1.89 bits per heavy atom. The van der Waals surface area contributed by atoms with Crippen LogP contribution in [0.25, 0.3) is 0 Å². The summed E-state index contributed by atoms with van der Waals surface area (Å²) in [5, 5.41) is 3.97. The number of hydrogen-bond donors (Lipinski definition) is 1. The Labute approximate surface area is 107 Å². The lowest BCUT2D eigenvalue weighted by Gasteiger charge is -2.02. The zero-order valence-electron chi connectivity index (χ0n) is 11.1. The van der Waals surface area contributed by atoms with Gasteiger partial charge < -0.3 is 10.3 Å². The second-order valence-corrected chi connectivity index (χ2v) is 4.74. The molecule has 1 atom stereocenters. The van der Waals surface area contributed by atoms with E-state index in [-0.39, 0.29) is 6.04 Å². The Morgan fingerprint density at radius 1 is 1.22 bits per heavy atom. The number of nitrogens with two attached hydrogens (primary N) is 1. The van der Waals surface area contributed by atoms with Crippen molar-refractivity contribution in [3.63, 3.8) is 0 Å². The lowest BCUT2D eigenvalue weighted by Crippen LogP contribution is -2.08. The highest BCUT2D eigenvalue weighted by Crippen LogP contribution is 2.15. The van der Waals surface area contributed by atoms with Crippen LogP contribution in [0.1, 0.15) is 47.8 Å². The van der Waals surface area contributed by atoms with E-state index < -0.39 is 0 Å². The average Bonchev–Trinajstić information content (AvgIpc) is 2.75. The van der Waals surface area contributed by atoms with Gasteiger partial charge in [0.2, 0.25) is 5.89 Å². The first-order chi connectivity index (χ1) is 8.58. The Bertz CT molecular complexity index is 513. The molecule has 0 unspecified atom stereocenters. The van der Waals surface area contributed by atoms with Gasteiger partial charge in [-0.3, -0.25) is 0 Å². The van der Waals surface area contributed by atoms with E-state index >= 15 is 0 Å². The molecule has 2 aromatic rings. The minimum atomic E-state index is -0.162. The molecule has 1 aromatic carbocycles. The topological polar surface area (TPSA) is 64.9 Å². The molecular weight excluding hydrogens is 226 g/mol. The Morgan fingerprint density at radius 3 is 2.50 bits per heavy atom. The quantitative estimate of drug-likeness (QED) is 0.899. The van der Waals surface area contributed by atoms with E-state index in [9.17, 15) is 0 Å². The number of aryl methyl sites for hydroxylation is 2. The van der Waals surface area contributed by atoms with Crippen molar-refractivity contribution in [2.75, 3.05) is 0 Å². The van der Waals surface area contributed by atoms with E-state index in [0.29, 0.717) is 18.1 Å². The summed E-state index contributed by atoms with van der Waals surface area (Å²) in [6.07, 6.45) is 1.48. The second-order valence-electron chi connectivity index (χ2n) is 4.74. The Kier molecular flexibility index (Phi) is 3.77. The van der Waals surface area contributed by atoms with E-state index in [1.807, 2.05) is 6.92 Å². The fourth-order valence-corrected chi connectivity index (χ4v) is 2.02. The lowest BCUT2D eigenvalue weighted by atomic mass is 10.1. The molecule has 0 spiro atoms. The molecule has 0 radical (unpaired) electrons. The summed E-state index contributed by atoms with van der Waals surface area (Å²) in [5.41, 5.74) is 9.55. The maximum absolute atomic E-state index is 5.85. The summed E-state index contributed by atoms with van der Waals surface area (Å²) < 4.78 is 5.16. The molecule has 0 saturated heterocycles. The van der Waals surface area contributed by atoms with Crippen LogP contribution >= 0.6 is 0 Å². The predicted octanol–water partition coefficient (Wildman–Crippen LogP) is 2.69. The maximum atomic E-state index is 5.85. The third-order valence-electron chi connectivity index (χ3n) is 2.88. The SMILES string of the molecule is CC[C@H](N)c1nc(Cc2cc(C)cc(C)c2)no1. The first kappa shape index (κ1) is 12.8. The van der Waals surface area contributed by atoms with Gasteiger partial charge in [0, 0.05) is 6.42 Å². The smallest absolute Gasteiger partial charge is 0.243 e. The van der Waals surface area contributed by atoms with Gasteiger partial charge in [-0.15, -0.1) is 0 Å². The van der Waals surface area contributed by atoms with Crippen molar-refractivity contribution >= 4 is 0 Å². The van der Waals surface area contributed by atoms with Crippen LogP contribution in [0.15, 0.2) is 22.7 Å². The third-order valence-corrected chi connectivity index (χ3v) is 2.88. The van der Waals surface area contributed by atoms with Crippen molar-refractivity contribution in [1.82, 2.24) is 10.1 Å². The van der Waals surface area contributed by atoms with Gasteiger partial charge in [-0.05, 0) is 25.8 Å². The molecule has 0 saturated carbocycles. The third kappa shape index (κ3) is 2.96. The monoisotopic (exact) mass is 245 g/mol. The van der Waals surface area contributed by atoms with Gasteiger partial charge in [0.25, 0.3) is 0 Å². The molecule has 4 nitrogen and oxygen atoms in total. The molecular formula is C14H19N3O. The molecule has 4 heteroatoms. The Balaban J connectivity index is 2.16. The van der Waals surface area contributed by atoms with E-state index in [1.54, 1.807) is 0 Å². The molecule has 96 valence electrons. The zero-order chi connectivity index (χ0) is 13.1. The number of aromatic nitrogens is 2.